The lowest BCUT2D eigenvalue weighted by molar-refractivity contribution is -0.703. The van der Waals surface area contributed by atoms with Crippen molar-refractivity contribution in [3.63, 3.8) is 0 Å². The van der Waals surface area contributed by atoms with E-state index in [-0.39, 0.29) is 0 Å². The molecule has 1 heterocycles. The lowest BCUT2D eigenvalue weighted by Crippen LogP contribution is -2.37. The summed E-state index contributed by atoms with van der Waals surface area (Å²) in [7, 11) is 0. The summed E-state index contributed by atoms with van der Waals surface area (Å²) in [5.41, 5.74) is 2.81. The molecule has 0 amide bonds. The molecule has 0 atom stereocenters. The van der Waals surface area contributed by atoms with Crippen LogP contribution in [-0.2, 0) is 6.54 Å². The Morgan fingerprint density at radius 2 is 1.86 bits per heavy atom. The van der Waals surface area contributed by atoms with Gasteiger partial charge < -0.3 is 10.4 Å². The summed E-state index contributed by atoms with van der Waals surface area (Å²) in [6, 6.07) is 5.62. The van der Waals surface area contributed by atoms with Gasteiger partial charge in [-0.1, -0.05) is 32.6 Å². The highest BCUT2D eigenvalue weighted by atomic mass is 14.9. The zero-order chi connectivity index (χ0) is 15.9. The molecule has 1 aromatic rings. The van der Waals surface area contributed by atoms with E-state index in [0.29, 0.717) is 0 Å². The molecule has 0 aliphatic carbocycles. The van der Waals surface area contributed by atoms with Gasteiger partial charge in [-0.3, -0.25) is 0 Å². The molecule has 0 aliphatic rings. The molecule has 1 aromatic heterocycles. The summed E-state index contributed by atoms with van der Waals surface area (Å²) in [6.45, 7) is 7.85. The van der Waals surface area contributed by atoms with Gasteiger partial charge in [-0.25, -0.2) is 4.57 Å². The number of pyridine rings is 1. The molecule has 0 saturated carbocycles. The van der Waals surface area contributed by atoms with Crippen molar-refractivity contribution in [1.29, 1.82) is 5.26 Å². The number of hydrogen-bond donors (Lipinski definition) is 0. The molecule has 0 aromatic carbocycles. The van der Waals surface area contributed by atoms with E-state index in [9.17, 15) is 0 Å². The zero-order valence-corrected chi connectivity index (χ0v) is 13.5. The van der Waals surface area contributed by atoms with Crippen molar-refractivity contribution in [3.8, 4) is 6.19 Å². The monoisotopic (exact) mass is 286 g/mol. The molecule has 4 heteroatoms. The molecule has 0 unspecified atom stereocenters. The third kappa shape index (κ3) is 9.54. The molecule has 0 spiro atoms. The van der Waals surface area contributed by atoms with E-state index in [1.54, 1.807) is 0 Å². The number of unbranched alkanes of at least 4 members (excludes halogenated alkanes) is 5. The van der Waals surface area contributed by atoms with Crippen LogP contribution in [0.1, 0.15) is 56.7 Å². The SMILES string of the molecule is CCCCCCCC[n+]1cccc(C)c1C.N#CN=C=[N-]. The number of aliphatic imine (C=N–C) groups is 1. The molecule has 0 fully saturated rings. The van der Waals surface area contributed by atoms with Crippen LogP contribution in [0.4, 0.5) is 0 Å². The fourth-order valence-electron chi connectivity index (χ4n) is 2.08. The van der Waals surface area contributed by atoms with E-state index in [4.69, 9.17) is 10.7 Å². The fraction of sp³-hybridized carbons (Fsp3) is 0.588. The van der Waals surface area contributed by atoms with E-state index >= 15 is 0 Å². The summed E-state index contributed by atoms with van der Waals surface area (Å²) in [6.07, 6.45) is 11.7. The van der Waals surface area contributed by atoms with Crippen LogP contribution in [0, 0.1) is 25.3 Å². The van der Waals surface area contributed by atoms with Crippen LogP contribution < -0.4 is 4.57 Å². The molecule has 21 heavy (non-hydrogen) atoms. The quantitative estimate of drug-likeness (QED) is 0.321. The van der Waals surface area contributed by atoms with E-state index in [2.05, 4.69) is 48.7 Å². The third-order valence-corrected chi connectivity index (χ3v) is 3.47. The van der Waals surface area contributed by atoms with Crippen molar-refractivity contribution in [2.45, 2.75) is 65.8 Å². The van der Waals surface area contributed by atoms with Crippen LogP contribution >= 0.6 is 0 Å². The average molecular weight is 286 g/mol. The molecule has 0 radical (unpaired) electrons. The van der Waals surface area contributed by atoms with Gasteiger partial charge in [0.1, 0.15) is 6.54 Å². The highest BCUT2D eigenvalue weighted by molar-refractivity contribution is 5.46. The van der Waals surface area contributed by atoms with Gasteiger partial charge in [0.05, 0.1) is 6.19 Å². The maximum atomic E-state index is 7.43. The minimum atomic E-state index is 1.18. The smallest absolute Gasteiger partial charge is 0.181 e. The maximum absolute atomic E-state index is 7.43. The van der Waals surface area contributed by atoms with Gasteiger partial charge in [-0.15, -0.1) is 6.01 Å². The molecular formula is C17H26N4. The molecular weight excluding hydrogens is 260 g/mol. The Hall–Kier alpha value is -1.98. The normalized spacial score (nSPS) is 9.05. The van der Waals surface area contributed by atoms with Crippen LogP contribution in [0.3, 0.4) is 0 Å². The van der Waals surface area contributed by atoms with E-state index in [1.807, 2.05) is 0 Å². The van der Waals surface area contributed by atoms with Gasteiger partial charge in [0.15, 0.2) is 11.9 Å². The van der Waals surface area contributed by atoms with Crippen molar-refractivity contribution in [3.05, 3.63) is 35.0 Å². The largest absolute Gasteiger partial charge is 0.422 e. The molecule has 0 saturated heterocycles. The van der Waals surface area contributed by atoms with Gasteiger partial charge in [0, 0.05) is 25.0 Å². The Labute approximate surface area is 128 Å². The molecule has 0 bridgehead atoms. The van der Waals surface area contributed by atoms with Crippen molar-refractivity contribution in [2.75, 3.05) is 0 Å². The second-order valence-electron chi connectivity index (χ2n) is 5.05. The van der Waals surface area contributed by atoms with Crippen molar-refractivity contribution < 1.29 is 4.57 Å². The highest BCUT2D eigenvalue weighted by Gasteiger charge is 2.06. The minimum absolute atomic E-state index is 1.18. The number of nitriles is 1. The van der Waals surface area contributed by atoms with Gasteiger partial charge in [0.25, 0.3) is 0 Å². The van der Waals surface area contributed by atoms with Crippen molar-refractivity contribution >= 4 is 6.01 Å². The second kappa shape index (κ2) is 13.0. The first-order valence-corrected chi connectivity index (χ1v) is 7.60. The molecule has 114 valence electrons. The standard InChI is InChI=1S/C15H26N.C2N3/c1-4-5-6-7-8-9-12-16-13-10-11-14(2)15(16)3;3-1-5-2-4/h10-11,13H,4-9,12H2,1-3H3;/q+1;-1. The molecule has 1 rings (SSSR count). The van der Waals surface area contributed by atoms with Gasteiger partial charge in [-0.05, 0) is 19.4 Å². The molecule has 0 aliphatic heterocycles. The van der Waals surface area contributed by atoms with Crippen LogP contribution in [0.5, 0.6) is 0 Å². The van der Waals surface area contributed by atoms with E-state index in [0.717, 1.165) is 0 Å². The number of aromatic nitrogens is 1. The van der Waals surface area contributed by atoms with Crippen LogP contribution in [-0.4, -0.2) is 6.01 Å². The topological polar surface area (TPSA) is 62.3 Å². The number of nitrogens with zero attached hydrogens (tertiary/aromatic N) is 4. The predicted octanol–water partition coefficient (Wildman–Crippen LogP) is 4.16. The van der Waals surface area contributed by atoms with Crippen molar-refractivity contribution in [2.24, 2.45) is 4.99 Å². The second-order valence-corrected chi connectivity index (χ2v) is 5.05. The number of rotatable bonds is 7. The Kier molecular flexibility index (Phi) is 11.8. The van der Waals surface area contributed by atoms with Gasteiger partial charge in [-0.2, -0.15) is 5.26 Å². The first-order valence-electron chi connectivity index (χ1n) is 7.60. The summed E-state index contributed by atoms with van der Waals surface area (Å²) in [4.78, 5) is 2.58. The first-order chi connectivity index (χ1) is 10.2. The first kappa shape index (κ1) is 19.0. The average Bonchev–Trinajstić information content (AvgIpc) is 2.48. The summed E-state index contributed by atoms with van der Waals surface area (Å²) < 4.78 is 2.38. The lowest BCUT2D eigenvalue weighted by atomic mass is 10.1. The Morgan fingerprint density at radius 3 is 2.43 bits per heavy atom. The van der Waals surface area contributed by atoms with Crippen LogP contribution in [0.15, 0.2) is 23.3 Å². The Morgan fingerprint density at radius 1 is 1.19 bits per heavy atom. The number of aryl methyl sites for hydroxylation is 2. The summed E-state index contributed by atoms with van der Waals surface area (Å²) in [5, 5.41) is 14.9. The van der Waals surface area contributed by atoms with Crippen molar-refractivity contribution in [1.82, 2.24) is 0 Å². The van der Waals surface area contributed by atoms with Crippen LogP contribution in [0.2, 0.25) is 0 Å². The lowest BCUT2D eigenvalue weighted by Gasteiger charge is -2.03. The number of hydrogen-bond acceptors (Lipinski definition) is 2. The Bertz CT molecular complexity index is 482. The van der Waals surface area contributed by atoms with E-state index in [1.165, 1.54) is 68.5 Å². The highest BCUT2D eigenvalue weighted by Crippen LogP contribution is 2.05. The minimum Gasteiger partial charge on any atom is -0.422 e. The molecule has 0 N–H and O–H groups in total. The van der Waals surface area contributed by atoms with Gasteiger partial charge >= 0.3 is 0 Å². The maximum Gasteiger partial charge on any atom is 0.181 e. The third-order valence-electron chi connectivity index (χ3n) is 3.47. The summed E-state index contributed by atoms with van der Waals surface area (Å²) in [5.74, 6) is 0. The van der Waals surface area contributed by atoms with E-state index < -0.39 is 0 Å². The molecule has 4 nitrogen and oxygen atoms in total. The van der Waals surface area contributed by atoms with Crippen LogP contribution in [0.25, 0.3) is 5.41 Å². The Balaban J connectivity index is 0.000000690. The van der Waals surface area contributed by atoms with Gasteiger partial charge in [0.2, 0.25) is 0 Å². The summed E-state index contributed by atoms with van der Waals surface area (Å²) >= 11 is 0. The zero-order valence-electron chi connectivity index (χ0n) is 13.5. The fourth-order valence-corrected chi connectivity index (χ4v) is 2.08. The predicted molar refractivity (Wildman–Crippen MR) is 85.9 cm³/mol.